The molecule has 2 aromatic heterocycles. The van der Waals surface area contributed by atoms with Crippen molar-refractivity contribution in [3.8, 4) is 0 Å². The number of carbonyl (C=O) groups is 1. The van der Waals surface area contributed by atoms with E-state index in [9.17, 15) is 13.2 Å². The van der Waals surface area contributed by atoms with E-state index in [0.717, 1.165) is 36.0 Å². The zero-order valence-corrected chi connectivity index (χ0v) is 18.9. The first-order chi connectivity index (χ1) is 14.9. The van der Waals surface area contributed by atoms with Gasteiger partial charge in [-0.05, 0) is 30.9 Å². The summed E-state index contributed by atoms with van der Waals surface area (Å²) in [7, 11) is -3.76. The SMILES string of the molecule is CCCCCOC(=O)c1c(C)oc2c1cc(NS(=O)(=O)c1cccs1)c1ccccc12. The molecule has 0 saturated heterocycles. The number of esters is 1. The maximum Gasteiger partial charge on any atom is 0.342 e. The predicted octanol–water partition coefficient (Wildman–Crippen LogP) is 6.10. The molecule has 6 nitrogen and oxygen atoms in total. The number of anilines is 1. The quantitative estimate of drug-likeness (QED) is 0.255. The van der Waals surface area contributed by atoms with Crippen LogP contribution in [-0.4, -0.2) is 21.0 Å². The van der Waals surface area contributed by atoms with Gasteiger partial charge in [0.05, 0.1) is 12.3 Å². The van der Waals surface area contributed by atoms with Gasteiger partial charge in [-0.25, -0.2) is 13.2 Å². The number of carbonyl (C=O) groups excluding carboxylic acids is 1. The van der Waals surface area contributed by atoms with Gasteiger partial charge in [-0.15, -0.1) is 11.3 Å². The number of unbranched alkanes of at least 4 members (excludes halogenated alkanes) is 2. The molecule has 31 heavy (non-hydrogen) atoms. The molecule has 0 spiro atoms. The molecule has 0 fully saturated rings. The van der Waals surface area contributed by atoms with Crippen LogP contribution in [0.3, 0.4) is 0 Å². The molecule has 0 atom stereocenters. The number of sulfonamides is 1. The average Bonchev–Trinajstić information content (AvgIpc) is 3.39. The minimum absolute atomic E-state index is 0.218. The zero-order chi connectivity index (χ0) is 22.0. The molecule has 8 heteroatoms. The van der Waals surface area contributed by atoms with Gasteiger partial charge in [0.15, 0.2) is 0 Å². The van der Waals surface area contributed by atoms with Crippen molar-refractivity contribution in [3.63, 3.8) is 0 Å². The summed E-state index contributed by atoms with van der Waals surface area (Å²) < 4.78 is 40.0. The van der Waals surface area contributed by atoms with Crippen molar-refractivity contribution in [2.24, 2.45) is 0 Å². The van der Waals surface area contributed by atoms with E-state index in [2.05, 4.69) is 11.6 Å². The molecule has 0 saturated carbocycles. The number of aryl methyl sites for hydroxylation is 1. The lowest BCUT2D eigenvalue weighted by atomic mass is 10.0. The third-order valence-electron chi connectivity index (χ3n) is 5.06. The summed E-state index contributed by atoms with van der Waals surface area (Å²) in [5.74, 6) is -0.0198. The summed E-state index contributed by atoms with van der Waals surface area (Å²) in [6, 6.07) is 12.2. The number of thiophene rings is 1. The van der Waals surface area contributed by atoms with Gasteiger partial charge in [-0.2, -0.15) is 0 Å². The number of benzene rings is 2. The summed E-state index contributed by atoms with van der Waals surface area (Å²) in [6.07, 6.45) is 2.81. The van der Waals surface area contributed by atoms with E-state index < -0.39 is 16.0 Å². The largest absolute Gasteiger partial charge is 0.462 e. The van der Waals surface area contributed by atoms with Crippen molar-refractivity contribution in [1.82, 2.24) is 0 Å². The summed E-state index contributed by atoms with van der Waals surface area (Å²) >= 11 is 1.14. The molecule has 0 unspecified atom stereocenters. The van der Waals surface area contributed by atoms with E-state index in [4.69, 9.17) is 9.15 Å². The van der Waals surface area contributed by atoms with Crippen LogP contribution in [0.2, 0.25) is 0 Å². The lowest BCUT2D eigenvalue weighted by Gasteiger charge is -2.11. The molecule has 0 radical (unpaired) electrons. The van der Waals surface area contributed by atoms with Crippen LogP contribution in [0.1, 0.15) is 42.3 Å². The molecule has 4 aromatic rings. The van der Waals surface area contributed by atoms with Crippen molar-refractivity contribution in [3.05, 3.63) is 59.2 Å². The fourth-order valence-electron chi connectivity index (χ4n) is 3.58. The summed E-state index contributed by atoms with van der Waals surface area (Å²) in [4.78, 5) is 12.8. The highest BCUT2D eigenvalue weighted by atomic mass is 32.2. The minimum atomic E-state index is -3.76. The molecule has 0 aliphatic rings. The highest BCUT2D eigenvalue weighted by molar-refractivity contribution is 7.94. The fraction of sp³-hybridized carbons (Fsp3) is 0.261. The van der Waals surface area contributed by atoms with Crippen LogP contribution in [-0.2, 0) is 14.8 Å². The first-order valence-electron chi connectivity index (χ1n) is 10.1. The van der Waals surface area contributed by atoms with Crippen LogP contribution >= 0.6 is 11.3 Å². The van der Waals surface area contributed by atoms with Gasteiger partial charge < -0.3 is 9.15 Å². The molecule has 1 N–H and O–H groups in total. The molecule has 0 bridgehead atoms. The Balaban J connectivity index is 1.82. The van der Waals surface area contributed by atoms with Gasteiger partial charge >= 0.3 is 5.97 Å². The standard InChI is InChI=1S/C23H23NO5S2/c1-3-4-7-12-28-23(25)21-15(2)29-22-17-10-6-5-9-16(17)19(14-18(21)22)24-31(26,27)20-11-8-13-30-20/h5-6,8-11,13-14,24H,3-4,7,12H2,1-2H3. The van der Waals surface area contributed by atoms with Gasteiger partial charge in [0.2, 0.25) is 0 Å². The van der Waals surface area contributed by atoms with Crippen molar-refractivity contribution in [2.45, 2.75) is 37.3 Å². The van der Waals surface area contributed by atoms with Crippen molar-refractivity contribution < 1.29 is 22.4 Å². The number of furan rings is 1. The van der Waals surface area contributed by atoms with Crippen molar-refractivity contribution in [1.29, 1.82) is 0 Å². The molecular weight excluding hydrogens is 434 g/mol. The Morgan fingerprint density at radius 3 is 2.58 bits per heavy atom. The van der Waals surface area contributed by atoms with Crippen molar-refractivity contribution in [2.75, 3.05) is 11.3 Å². The Kier molecular flexibility index (Phi) is 6.02. The molecule has 4 rings (SSSR count). The van der Waals surface area contributed by atoms with Gasteiger partial charge in [-0.1, -0.05) is 50.1 Å². The Morgan fingerprint density at radius 1 is 1.10 bits per heavy atom. The molecule has 0 aliphatic carbocycles. The normalized spacial score (nSPS) is 11.8. The van der Waals surface area contributed by atoms with Gasteiger partial charge in [0.25, 0.3) is 10.0 Å². The molecular formula is C23H23NO5S2. The monoisotopic (exact) mass is 457 g/mol. The number of fused-ring (bicyclic) bond motifs is 3. The number of rotatable bonds is 8. The highest BCUT2D eigenvalue weighted by Crippen LogP contribution is 2.38. The number of hydrogen-bond acceptors (Lipinski definition) is 6. The van der Waals surface area contributed by atoms with E-state index in [1.54, 1.807) is 30.5 Å². The minimum Gasteiger partial charge on any atom is -0.462 e. The third kappa shape index (κ3) is 4.18. The average molecular weight is 458 g/mol. The maximum absolute atomic E-state index is 12.9. The van der Waals surface area contributed by atoms with Crippen LogP contribution in [0.4, 0.5) is 5.69 Å². The molecule has 2 heterocycles. The summed E-state index contributed by atoms with van der Waals surface area (Å²) in [6.45, 7) is 4.14. The van der Waals surface area contributed by atoms with E-state index in [1.165, 1.54) is 0 Å². The second-order valence-electron chi connectivity index (χ2n) is 7.26. The lowest BCUT2D eigenvalue weighted by Crippen LogP contribution is -2.12. The van der Waals surface area contributed by atoms with Crippen molar-refractivity contribution >= 4 is 54.8 Å². The third-order valence-corrected chi connectivity index (χ3v) is 7.82. The van der Waals surface area contributed by atoms with Crippen LogP contribution in [0.5, 0.6) is 0 Å². The first kappa shape index (κ1) is 21.4. The van der Waals surface area contributed by atoms with Crippen LogP contribution < -0.4 is 4.72 Å². The van der Waals surface area contributed by atoms with Gasteiger partial charge in [0, 0.05) is 16.2 Å². The number of nitrogens with one attached hydrogen (secondary N) is 1. The summed E-state index contributed by atoms with van der Waals surface area (Å²) in [5, 5.41) is 3.64. The van der Waals surface area contributed by atoms with E-state index in [1.807, 2.05) is 24.3 Å². The molecule has 2 aromatic carbocycles. The maximum atomic E-state index is 12.9. The predicted molar refractivity (Wildman–Crippen MR) is 123 cm³/mol. The second kappa shape index (κ2) is 8.72. The van der Waals surface area contributed by atoms with Gasteiger partial charge in [-0.3, -0.25) is 4.72 Å². The fourth-order valence-corrected chi connectivity index (χ4v) is 5.64. The first-order valence-corrected chi connectivity index (χ1v) is 12.5. The Hall–Kier alpha value is -2.84. The second-order valence-corrected chi connectivity index (χ2v) is 10.1. The van der Waals surface area contributed by atoms with E-state index in [-0.39, 0.29) is 4.21 Å². The van der Waals surface area contributed by atoms with Crippen LogP contribution in [0, 0.1) is 6.92 Å². The summed E-state index contributed by atoms with van der Waals surface area (Å²) in [5.41, 5.74) is 1.25. The van der Waals surface area contributed by atoms with Crippen LogP contribution in [0.15, 0.2) is 56.5 Å². The van der Waals surface area contributed by atoms with Crippen LogP contribution in [0.25, 0.3) is 21.7 Å². The lowest BCUT2D eigenvalue weighted by molar-refractivity contribution is 0.0498. The Labute approximate surface area is 184 Å². The van der Waals surface area contributed by atoms with E-state index >= 15 is 0 Å². The molecule has 162 valence electrons. The highest BCUT2D eigenvalue weighted by Gasteiger charge is 2.24. The van der Waals surface area contributed by atoms with Gasteiger partial charge in [0.1, 0.15) is 21.1 Å². The molecule has 0 amide bonds. The number of hydrogen-bond donors (Lipinski definition) is 1. The smallest absolute Gasteiger partial charge is 0.342 e. The zero-order valence-electron chi connectivity index (χ0n) is 17.3. The van der Waals surface area contributed by atoms with E-state index in [0.29, 0.717) is 40.0 Å². The Morgan fingerprint density at radius 2 is 1.87 bits per heavy atom. The number of ether oxygens (including phenoxy) is 1. The Bertz CT molecular complexity index is 1340. The topological polar surface area (TPSA) is 85.6 Å². The molecule has 0 aliphatic heterocycles.